The van der Waals surface area contributed by atoms with Crippen LogP contribution < -0.4 is 4.84 Å². The molecule has 0 atom stereocenters. The van der Waals surface area contributed by atoms with E-state index in [0.29, 0.717) is 4.73 Å². The minimum absolute atomic E-state index is 0.0390. The summed E-state index contributed by atoms with van der Waals surface area (Å²) in [4.78, 5) is 27.3. The van der Waals surface area contributed by atoms with Crippen LogP contribution in [0.1, 0.15) is 26.7 Å². The van der Waals surface area contributed by atoms with E-state index in [-0.39, 0.29) is 36.3 Å². The van der Waals surface area contributed by atoms with E-state index >= 15 is 0 Å². The average molecular weight is 241 g/mol. The van der Waals surface area contributed by atoms with Crippen molar-refractivity contribution in [3.05, 3.63) is 12.1 Å². The molecule has 0 saturated heterocycles. The molecule has 0 amide bonds. The molecule has 94 valence electrons. The molecule has 0 aliphatic rings. The molecule has 1 rings (SSSR count). The maximum absolute atomic E-state index is 11.3. The van der Waals surface area contributed by atoms with E-state index in [9.17, 15) is 19.8 Å². The molecule has 6 nitrogen and oxygen atoms in total. The van der Waals surface area contributed by atoms with Crippen molar-refractivity contribution >= 4 is 11.8 Å². The lowest BCUT2D eigenvalue weighted by molar-refractivity contribution is -0.146. The van der Waals surface area contributed by atoms with Gasteiger partial charge in [-0.1, -0.05) is 13.8 Å². The van der Waals surface area contributed by atoms with Gasteiger partial charge in [0.05, 0.1) is 6.42 Å². The Morgan fingerprint density at radius 3 is 2.24 bits per heavy atom. The van der Waals surface area contributed by atoms with Gasteiger partial charge < -0.3 is 15.1 Å². The van der Waals surface area contributed by atoms with Gasteiger partial charge in [-0.05, 0) is 0 Å². The van der Waals surface area contributed by atoms with Gasteiger partial charge in [0.1, 0.15) is 5.78 Å². The number of ketones is 1. The van der Waals surface area contributed by atoms with Crippen LogP contribution in [0.4, 0.5) is 0 Å². The SMILES string of the molecule is CC(C)C(=O)CCC(=O)On1c(O)ccc1O. The van der Waals surface area contributed by atoms with Gasteiger partial charge in [0, 0.05) is 24.5 Å². The van der Waals surface area contributed by atoms with E-state index in [1.54, 1.807) is 13.8 Å². The molecule has 2 N–H and O–H groups in total. The van der Waals surface area contributed by atoms with Crippen molar-refractivity contribution in [1.82, 2.24) is 4.73 Å². The van der Waals surface area contributed by atoms with Gasteiger partial charge in [-0.3, -0.25) is 4.79 Å². The number of aromatic hydroxyl groups is 2. The molecule has 1 aromatic rings. The minimum Gasteiger partial charge on any atom is -0.492 e. The lowest BCUT2D eigenvalue weighted by atomic mass is 10.1. The Bertz CT molecular complexity index is 402. The second-order valence-corrected chi connectivity index (χ2v) is 3.93. The number of aromatic nitrogens is 1. The van der Waals surface area contributed by atoms with Crippen molar-refractivity contribution in [3.63, 3.8) is 0 Å². The number of rotatable bonds is 5. The van der Waals surface area contributed by atoms with Crippen molar-refractivity contribution in [2.45, 2.75) is 26.7 Å². The van der Waals surface area contributed by atoms with Crippen molar-refractivity contribution in [3.8, 4) is 11.8 Å². The van der Waals surface area contributed by atoms with Crippen molar-refractivity contribution in [2.24, 2.45) is 5.92 Å². The summed E-state index contributed by atoms with van der Waals surface area (Å²) in [5.41, 5.74) is 0. The summed E-state index contributed by atoms with van der Waals surface area (Å²) in [6.07, 6.45) is -0.00658. The smallest absolute Gasteiger partial charge is 0.333 e. The first kappa shape index (κ1) is 13.1. The third kappa shape index (κ3) is 3.51. The Morgan fingerprint density at radius 2 is 1.76 bits per heavy atom. The first-order chi connectivity index (χ1) is 7.91. The topological polar surface area (TPSA) is 88.8 Å². The van der Waals surface area contributed by atoms with Gasteiger partial charge in [0.15, 0.2) is 0 Å². The monoisotopic (exact) mass is 241 g/mol. The fourth-order valence-corrected chi connectivity index (χ4v) is 1.16. The van der Waals surface area contributed by atoms with Crippen LogP contribution in [0, 0.1) is 5.92 Å². The highest BCUT2D eigenvalue weighted by molar-refractivity contribution is 5.84. The molecule has 0 saturated carbocycles. The third-order valence-corrected chi connectivity index (χ3v) is 2.21. The number of nitrogens with zero attached hydrogens (tertiary/aromatic N) is 1. The van der Waals surface area contributed by atoms with Crippen LogP contribution in [0.5, 0.6) is 11.8 Å². The Kier molecular flexibility index (Phi) is 4.14. The lowest BCUT2D eigenvalue weighted by Crippen LogP contribution is -2.20. The number of Topliss-reactive ketones (excluding diaryl/α,β-unsaturated/α-hetero) is 1. The van der Waals surface area contributed by atoms with Crippen LogP contribution in [0.2, 0.25) is 0 Å². The van der Waals surface area contributed by atoms with E-state index in [2.05, 4.69) is 4.84 Å². The number of hydrogen-bond acceptors (Lipinski definition) is 5. The van der Waals surface area contributed by atoms with Gasteiger partial charge >= 0.3 is 5.97 Å². The zero-order chi connectivity index (χ0) is 13.0. The Morgan fingerprint density at radius 1 is 1.24 bits per heavy atom. The van der Waals surface area contributed by atoms with Crippen molar-refractivity contribution in [2.75, 3.05) is 0 Å². The van der Waals surface area contributed by atoms with E-state index in [0.717, 1.165) is 0 Å². The van der Waals surface area contributed by atoms with Crippen molar-refractivity contribution < 1.29 is 24.6 Å². The fraction of sp³-hybridized carbons (Fsp3) is 0.455. The maximum atomic E-state index is 11.3. The van der Waals surface area contributed by atoms with E-state index in [1.807, 2.05) is 0 Å². The molecule has 0 spiro atoms. The summed E-state index contributed by atoms with van der Waals surface area (Å²) < 4.78 is 0.599. The predicted molar refractivity (Wildman–Crippen MR) is 58.4 cm³/mol. The van der Waals surface area contributed by atoms with Gasteiger partial charge in [-0.15, -0.1) is 4.73 Å². The summed E-state index contributed by atoms with van der Waals surface area (Å²) >= 11 is 0. The maximum Gasteiger partial charge on any atom is 0.333 e. The molecule has 17 heavy (non-hydrogen) atoms. The molecule has 0 aromatic carbocycles. The predicted octanol–water partition coefficient (Wildman–Crippen LogP) is 0.860. The van der Waals surface area contributed by atoms with E-state index in [4.69, 9.17) is 0 Å². The van der Waals surface area contributed by atoms with E-state index in [1.165, 1.54) is 12.1 Å². The molecule has 0 radical (unpaired) electrons. The minimum atomic E-state index is -0.694. The highest BCUT2D eigenvalue weighted by Gasteiger charge is 2.14. The molecular formula is C11H15NO5. The van der Waals surface area contributed by atoms with Crippen LogP contribution >= 0.6 is 0 Å². The number of carbonyl (C=O) groups is 2. The molecule has 0 aliphatic carbocycles. The van der Waals surface area contributed by atoms with Crippen LogP contribution in [-0.2, 0) is 9.59 Å². The molecule has 0 bridgehead atoms. The highest BCUT2D eigenvalue weighted by Crippen LogP contribution is 2.18. The molecule has 1 aromatic heterocycles. The molecule has 0 fully saturated rings. The Balaban J connectivity index is 2.48. The summed E-state index contributed by atoms with van der Waals surface area (Å²) in [7, 11) is 0. The van der Waals surface area contributed by atoms with Crippen LogP contribution in [0.15, 0.2) is 12.1 Å². The van der Waals surface area contributed by atoms with Crippen LogP contribution in [0.3, 0.4) is 0 Å². The standard InChI is InChI=1S/C11H15NO5/c1-7(2)8(13)3-6-11(16)17-12-9(14)4-5-10(12)15/h4-5,7,14-15H,3,6H2,1-2H3. The number of carbonyl (C=O) groups excluding carboxylic acids is 2. The number of hydrogen-bond donors (Lipinski definition) is 2. The molecule has 1 heterocycles. The zero-order valence-electron chi connectivity index (χ0n) is 9.71. The second kappa shape index (κ2) is 5.38. The highest BCUT2D eigenvalue weighted by atomic mass is 16.7. The molecular weight excluding hydrogens is 226 g/mol. The normalized spacial score (nSPS) is 10.5. The van der Waals surface area contributed by atoms with Crippen LogP contribution in [-0.4, -0.2) is 26.7 Å². The Hall–Kier alpha value is -1.98. The summed E-state index contributed by atoms with van der Waals surface area (Å²) in [5.74, 6) is -1.63. The summed E-state index contributed by atoms with van der Waals surface area (Å²) in [6, 6.07) is 2.36. The quantitative estimate of drug-likeness (QED) is 0.798. The molecule has 0 aliphatic heterocycles. The second-order valence-electron chi connectivity index (χ2n) is 3.93. The van der Waals surface area contributed by atoms with Gasteiger partial charge in [-0.2, -0.15) is 0 Å². The van der Waals surface area contributed by atoms with Gasteiger partial charge in [0.25, 0.3) is 0 Å². The molecule has 0 unspecified atom stereocenters. The fourth-order valence-electron chi connectivity index (χ4n) is 1.16. The molecule has 6 heteroatoms. The first-order valence-corrected chi connectivity index (χ1v) is 5.25. The lowest BCUT2D eigenvalue weighted by Gasteiger charge is -2.07. The van der Waals surface area contributed by atoms with Gasteiger partial charge in [-0.25, -0.2) is 4.79 Å². The average Bonchev–Trinajstić information content (AvgIpc) is 2.57. The summed E-state index contributed by atoms with van der Waals surface area (Å²) in [6.45, 7) is 3.49. The van der Waals surface area contributed by atoms with Crippen LogP contribution in [0.25, 0.3) is 0 Å². The Labute approximate surface area is 98.4 Å². The largest absolute Gasteiger partial charge is 0.492 e. The third-order valence-electron chi connectivity index (χ3n) is 2.21. The zero-order valence-corrected chi connectivity index (χ0v) is 9.71. The van der Waals surface area contributed by atoms with E-state index < -0.39 is 5.97 Å². The summed E-state index contributed by atoms with van der Waals surface area (Å²) in [5, 5.41) is 18.4. The van der Waals surface area contributed by atoms with Crippen molar-refractivity contribution in [1.29, 1.82) is 0 Å². The first-order valence-electron chi connectivity index (χ1n) is 5.25. The van der Waals surface area contributed by atoms with Gasteiger partial charge in [0.2, 0.25) is 11.8 Å².